The second-order valence-electron chi connectivity index (χ2n) is 11.4. The smallest absolute Gasteiger partial charge is 0.217 e. The van der Waals surface area contributed by atoms with Crippen molar-refractivity contribution in [3.05, 3.63) is 0 Å². The van der Waals surface area contributed by atoms with Crippen LogP contribution in [0, 0.1) is 40.4 Å². The monoisotopic (exact) mass is 372 g/mol. The Morgan fingerprint density at radius 1 is 1.00 bits per heavy atom. The third-order valence-corrected chi connectivity index (χ3v) is 10.7. The molecule has 5 aliphatic rings. The fourth-order valence-electron chi connectivity index (χ4n) is 9.48. The van der Waals surface area contributed by atoms with Gasteiger partial charge in [0.05, 0.1) is 0 Å². The van der Waals surface area contributed by atoms with Crippen LogP contribution in [-0.2, 0) is 4.79 Å². The van der Waals surface area contributed by atoms with E-state index < -0.39 is 0 Å². The summed E-state index contributed by atoms with van der Waals surface area (Å²) < 4.78 is 0. The molecule has 0 bridgehead atoms. The average molecular weight is 373 g/mol. The van der Waals surface area contributed by atoms with Gasteiger partial charge < -0.3 is 10.2 Å². The lowest BCUT2D eigenvalue weighted by molar-refractivity contribution is -0.125. The van der Waals surface area contributed by atoms with Gasteiger partial charge in [0.2, 0.25) is 5.91 Å². The van der Waals surface area contributed by atoms with Gasteiger partial charge in [-0.1, -0.05) is 6.92 Å². The summed E-state index contributed by atoms with van der Waals surface area (Å²) >= 11 is 0. The van der Waals surface area contributed by atoms with Gasteiger partial charge in [-0.25, -0.2) is 0 Å². The van der Waals surface area contributed by atoms with Crippen molar-refractivity contribution in [2.45, 2.75) is 90.6 Å². The molecule has 1 amide bonds. The van der Waals surface area contributed by atoms with E-state index >= 15 is 0 Å². The molecular weight excluding hydrogens is 332 g/mol. The SMILES string of the molecule is CC(=O)N[C@H]1CC[C@@]2(C)[C@@H](CC[C@@H]3[C@@H]2CC[C@]24CN(C)[C@H](C)[C@H]2CC[C@@H]34)C1. The van der Waals surface area contributed by atoms with Crippen LogP contribution in [0.3, 0.4) is 0 Å². The summed E-state index contributed by atoms with van der Waals surface area (Å²) in [6.07, 6.45) is 12.6. The van der Waals surface area contributed by atoms with E-state index in [1.54, 1.807) is 6.92 Å². The molecule has 27 heavy (non-hydrogen) atoms. The second kappa shape index (κ2) is 6.21. The number of hydrogen-bond donors (Lipinski definition) is 1. The van der Waals surface area contributed by atoms with Crippen LogP contribution in [0.4, 0.5) is 0 Å². The largest absolute Gasteiger partial charge is 0.354 e. The van der Waals surface area contributed by atoms with Crippen molar-refractivity contribution in [3.8, 4) is 0 Å². The molecule has 0 aromatic carbocycles. The third-order valence-electron chi connectivity index (χ3n) is 10.7. The van der Waals surface area contributed by atoms with Gasteiger partial charge in [-0.15, -0.1) is 0 Å². The molecule has 5 fully saturated rings. The van der Waals surface area contributed by atoms with Gasteiger partial charge in [0.25, 0.3) is 0 Å². The van der Waals surface area contributed by atoms with E-state index in [0.717, 1.165) is 35.6 Å². The molecule has 0 radical (unpaired) electrons. The fourth-order valence-corrected chi connectivity index (χ4v) is 9.48. The highest BCUT2D eigenvalue weighted by atomic mass is 16.1. The summed E-state index contributed by atoms with van der Waals surface area (Å²) in [5.74, 6) is 4.90. The van der Waals surface area contributed by atoms with Gasteiger partial charge in [-0.2, -0.15) is 0 Å². The maximum absolute atomic E-state index is 11.5. The first kappa shape index (κ1) is 18.5. The number of carbonyl (C=O) groups excluding carboxylic acids is 1. The highest BCUT2D eigenvalue weighted by molar-refractivity contribution is 5.73. The van der Waals surface area contributed by atoms with Crippen molar-refractivity contribution >= 4 is 5.91 Å². The maximum atomic E-state index is 11.5. The van der Waals surface area contributed by atoms with Gasteiger partial charge in [0.1, 0.15) is 0 Å². The number of nitrogens with one attached hydrogen (secondary N) is 1. The van der Waals surface area contributed by atoms with E-state index in [0.29, 0.717) is 16.9 Å². The Balaban J connectivity index is 1.37. The Bertz CT molecular complexity index is 620. The maximum Gasteiger partial charge on any atom is 0.217 e. The normalized spacial score (nSPS) is 54.6. The first-order valence-electron chi connectivity index (χ1n) is 11.8. The molecule has 1 saturated heterocycles. The molecule has 1 aliphatic heterocycles. The van der Waals surface area contributed by atoms with E-state index in [9.17, 15) is 4.79 Å². The van der Waals surface area contributed by atoms with Crippen molar-refractivity contribution in [3.63, 3.8) is 0 Å². The molecule has 0 unspecified atom stereocenters. The number of rotatable bonds is 1. The number of carbonyl (C=O) groups is 1. The number of likely N-dealkylation sites (tertiary alicyclic amines) is 1. The van der Waals surface area contributed by atoms with Crippen LogP contribution in [0.5, 0.6) is 0 Å². The first-order chi connectivity index (χ1) is 12.8. The van der Waals surface area contributed by atoms with Gasteiger partial charge in [0, 0.05) is 25.6 Å². The number of amides is 1. The van der Waals surface area contributed by atoms with Crippen LogP contribution >= 0.6 is 0 Å². The Morgan fingerprint density at radius 3 is 2.56 bits per heavy atom. The predicted molar refractivity (Wildman–Crippen MR) is 109 cm³/mol. The lowest BCUT2D eigenvalue weighted by Gasteiger charge is -2.61. The van der Waals surface area contributed by atoms with Crippen LogP contribution in [0.1, 0.15) is 78.6 Å². The molecule has 0 aromatic heterocycles. The van der Waals surface area contributed by atoms with Crippen LogP contribution in [0.2, 0.25) is 0 Å². The minimum absolute atomic E-state index is 0.161. The Morgan fingerprint density at radius 2 is 1.78 bits per heavy atom. The van der Waals surface area contributed by atoms with Gasteiger partial charge >= 0.3 is 0 Å². The standard InChI is InChI=1S/C24H40N2O/c1-15-20-7-8-22-19-6-5-17-13-18(25-16(2)27)9-11-23(17,3)21(19)10-12-24(20,22)14-26(15)4/h15,17-22H,5-14H2,1-4H3,(H,25,27)/t15-,17+,18+,19-,20-,21+,22+,23+,24+/m1/s1. The second-order valence-corrected chi connectivity index (χ2v) is 11.4. The topological polar surface area (TPSA) is 32.3 Å². The summed E-state index contributed by atoms with van der Waals surface area (Å²) in [7, 11) is 2.38. The molecule has 3 nitrogen and oxygen atoms in total. The molecule has 9 atom stereocenters. The van der Waals surface area contributed by atoms with E-state index in [2.05, 4.69) is 31.1 Å². The van der Waals surface area contributed by atoms with Crippen LogP contribution < -0.4 is 5.32 Å². The van der Waals surface area contributed by atoms with Crippen molar-refractivity contribution in [2.75, 3.05) is 13.6 Å². The average Bonchev–Trinajstić information content (AvgIpc) is 3.09. The molecule has 4 aliphatic carbocycles. The zero-order chi connectivity index (χ0) is 19.0. The van der Waals surface area contributed by atoms with E-state index in [1.807, 2.05) is 0 Å². The minimum Gasteiger partial charge on any atom is -0.354 e. The quantitative estimate of drug-likeness (QED) is 0.737. The van der Waals surface area contributed by atoms with Crippen LogP contribution in [0.15, 0.2) is 0 Å². The molecule has 1 spiro atoms. The van der Waals surface area contributed by atoms with E-state index in [4.69, 9.17) is 0 Å². The Hall–Kier alpha value is -0.570. The van der Waals surface area contributed by atoms with Crippen LogP contribution in [-0.4, -0.2) is 36.5 Å². The highest BCUT2D eigenvalue weighted by Gasteiger charge is 2.64. The van der Waals surface area contributed by atoms with E-state index in [1.165, 1.54) is 64.3 Å². The highest BCUT2D eigenvalue weighted by Crippen LogP contribution is 2.69. The minimum atomic E-state index is 0.161. The summed E-state index contributed by atoms with van der Waals surface area (Å²) in [5, 5.41) is 3.24. The molecule has 5 rings (SSSR count). The zero-order valence-corrected chi connectivity index (χ0v) is 18.0. The predicted octanol–water partition coefficient (Wildman–Crippen LogP) is 4.46. The Labute approximate surface area is 166 Å². The summed E-state index contributed by atoms with van der Waals surface area (Å²) in [6, 6.07) is 1.24. The summed E-state index contributed by atoms with van der Waals surface area (Å²) in [5.41, 5.74) is 1.19. The summed E-state index contributed by atoms with van der Waals surface area (Å²) in [4.78, 5) is 14.2. The van der Waals surface area contributed by atoms with Gasteiger partial charge in [-0.3, -0.25) is 4.79 Å². The first-order valence-corrected chi connectivity index (χ1v) is 11.8. The number of hydrogen-bond acceptors (Lipinski definition) is 2. The van der Waals surface area contributed by atoms with E-state index in [-0.39, 0.29) is 5.91 Å². The molecule has 0 aromatic rings. The lowest BCUT2D eigenvalue weighted by Crippen LogP contribution is -2.56. The lowest BCUT2D eigenvalue weighted by atomic mass is 9.44. The molecule has 1 heterocycles. The Kier molecular flexibility index (Phi) is 4.25. The molecule has 1 N–H and O–H groups in total. The zero-order valence-electron chi connectivity index (χ0n) is 18.0. The van der Waals surface area contributed by atoms with Gasteiger partial charge in [0.15, 0.2) is 0 Å². The van der Waals surface area contributed by atoms with Crippen molar-refractivity contribution in [1.82, 2.24) is 10.2 Å². The van der Waals surface area contributed by atoms with Crippen LogP contribution in [0.25, 0.3) is 0 Å². The molecule has 152 valence electrons. The molecular formula is C24H40N2O. The molecule has 4 saturated carbocycles. The fraction of sp³-hybridized carbons (Fsp3) is 0.958. The van der Waals surface area contributed by atoms with Crippen molar-refractivity contribution in [1.29, 1.82) is 0 Å². The summed E-state index contributed by atoms with van der Waals surface area (Å²) in [6.45, 7) is 8.20. The number of fused-ring (bicyclic) bond motifs is 4. The number of nitrogens with zero attached hydrogens (tertiary/aromatic N) is 1. The van der Waals surface area contributed by atoms with Crippen molar-refractivity contribution < 1.29 is 4.79 Å². The third kappa shape index (κ3) is 2.52. The van der Waals surface area contributed by atoms with Crippen molar-refractivity contribution in [2.24, 2.45) is 40.4 Å². The molecule has 3 heteroatoms. The van der Waals surface area contributed by atoms with Gasteiger partial charge in [-0.05, 0) is 112 Å².